The summed E-state index contributed by atoms with van der Waals surface area (Å²) in [5.74, 6) is 2.61. The number of morpholine rings is 1. The molecule has 1 aromatic heterocycles. The van der Waals surface area contributed by atoms with Gasteiger partial charge in [0.1, 0.15) is 18.1 Å². The van der Waals surface area contributed by atoms with Gasteiger partial charge in [0.15, 0.2) is 11.5 Å². The molecule has 0 spiro atoms. The summed E-state index contributed by atoms with van der Waals surface area (Å²) in [5, 5.41) is 3.05. The van der Waals surface area contributed by atoms with E-state index in [1.807, 2.05) is 61.5 Å². The number of nitrogens with zero attached hydrogens (tertiary/aromatic N) is 3. The minimum Gasteiger partial charge on any atom is -0.464 e. The van der Waals surface area contributed by atoms with Crippen LogP contribution >= 0.6 is 0 Å². The highest BCUT2D eigenvalue weighted by molar-refractivity contribution is 5.93. The summed E-state index contributed by atoms with van der Waals surface area (Å²) in [5.41, 5.74) is 2.69. The molecule has 0 saturated carbocycles. The number of furan rings is 1. The summed E-state index contributed by atoms with van der Waals surface area (Å²) in [7, 11) is 0. The van der Waals surface area contributed by atoms with Gasteiger partial charge in [-0.15, -0.1) is 0 Å². The zero-order valence-corrected chi connectivity index (χ0v) is 23.8. The lowest BCUT2D eigenvalue weighted by molar-refractivity contribution is -0.133. The van der Waals surface area contributed by atoms with Crippen LogP contribution in [0.2, 0.25) is 0 Å². The lowest BCUT2D eigenvalue weighted by Crippen LogP contribution is -2.48. The van der Waals surface area contributed by atoms with Crippen LogP contribution < -0.4 is 14.8 Å². The second-order valence-electron chi connectivity index (χ2n) is 10.3. The van der Waals surface area contributed by atoms with Crippen molar-refractivity contribution in [3.05, 3.63) is 77.2 Å². The van der Waals surface area contributed by atoms with Gasteiger partial charge in [-0.25, -0.2) is 4.79 Å². The molecule has 2 aromatic carbocycles. The first-order valence-corrected chi connectivity index (χ1v) is 14.1. The molecule has 2 aliphatic rings. The van der Waals surface area contributed by atoms with Crippen molar-refractivity contribution < 1.29 is 28.2 Å². The summed E-state index contributed by atoms with van der Waals surface area (Å²) in [6.45, 7) is 8.63. The fourth-order valence-corrected chi connectivity index (χ4v) is 5.00. The van der Waals surface area contributed by atoms with Crippen molar-refractivity contribution in [1.29, 1.82) is 0 Å². The Morgan fingerprint density at radius 1 is 0.951 bits per heavy atom. The number of fused-ring (bicyclic) bond motifs is 1. The average molecular weight is 563 g/mol. The van der Waals surface area contributed by atoms with Gasteiger partial charge in [0.05, 0.1) is 19.8 Å². The number of benzene rings is 2. The molecule has 10 nitrogen and oxygen atoms in total. The van der Waals surface area contributed by atoms with Gasteiger partial charge in [0, 0.05) is 38.4 Å². The maximum Gasteiger partial charge on any atom is 0.322 e. The van der Waals surface area contributed by atoms with Crippen LogP contribution in [0.25, 0.3) is 0 Å². The van der Waals surface area contributed by atoms with Gasteiger partial charge in [-0.3, -0.25) is 9.69 Å². The number of carbonyl (C=O) groups excluding carboxylic acids is 2. The molecule has 0 aliphatic carbocycles. The maximum absolute atomic E-state index is 13.9. The normalized spacial score (nSPS) is 14.6. The first-order valence-electron chi connectivity index (χ1n) is 14.1. The van der Waals surface area contributed by atoms with Crippen LogP contribution in [-0.4, -0.2) is 79.4 Å². The van der Waals surface area contributed by atoms with Gasteiger partial charge >= 0.3 is 6.03 Å². The summed E-state index contributed by atoms with van der Waals surface area (Å²) in [4.78, 5) is 33.1. The quantitative estimate of drug-likeness (QED) is 0.373. The number of hydrogen-bond acceptors (Lipinski definition) is 7. The van der Waals surface area contributed by atoms with E-state index in [9.17, 15) is 9.59 Å². The highest BCUT2D eigenvalue weighted by Gasteiger charge is 2.25. The smallest absolute Gasteiger partial charge is 0.322 e. The number of ether oxygens (including phenoxy) is 3. The van der Waals surface area contributed by atoms with Gasteiger partial charge in [0.2, 0.25) is 12.7 Å². The van der Waals surface area contributed by atoms with Crippen molar-refractivity contribution in [1.82, 2.24) is 14.7 Å². The number of hydrogen-bond donors (Lipinski definition) is 1. The van der Waals surface area contributed by atoms with E-state index in [0.717, 1.165) is 42.1 Å². The lowest BCUT2D eigenvalue weighted by Gasteiger charge is -2.31. The van der Waals surface area contributed by atoms with E-state index in [2.05, 4.69) is 17.1 Å². The Balaban J connectivity index is 1.34. The Hall–Kier alpha value is -4.02. The number of amides is 3. The van der Waals surface area contributed by atoms with Crippen LogP contribution in [-0.2, 0) is 29.0 Å². The van der Waals surface area contributed by atoms with Gasteiger partial charge in [-0.2, -0.15) is 0 Å². The molecule has 0 radical (unpaired) electrons. The van der Waals surface area contributed by atoms with Crippen LogP contribution in [0.4, 0.5) is 10.5 Å². The minimum absolute atomic E-state index is 0.0747. The van der Waals surface area contributed by atoms with Gasteiger partial charge in [0.25, 0.3) is 0 Å². The molecule has 0 atom stereocenters. The van der Waals surface area contributed by atoms with Gasteiger partial charge in [-0.05, 0) is 54.8 Å². The highest BCUT2D eigenvalue weighted by atomic mass is 16.7. The first kappa shape index (κ1) is 28.5. The molecular formula is C31H38N4O6. The van der Waals surface area contributed by atoms with Crippen molar-refractivity contribution in [2.24, 2.45) is 0 Å². The molecular weight excluding hydrogens is 524 g/mol. The van der Waals surface area contributed by atoms with E-state index in [-0.39, 0.29) is 31.8 Å². The van der Waals surface area contributed by atoms with Crippen LogP contribution in [0.5, 0.6) is 11.5 Å². The number of nitrogens with one attached hydrogen (secondary N) is 1. The average Bonchev–Trinajstić information content (AvgIpc) is 3.63. The summed E-state index contributed by atoms with van der Waals surface area (Å²) < 4.78 is 22.3. The number of urea groups is 1. The van der Waals surface area contributed by atoms with E-state index in [4.69, 9.17) is 18.6 Å². The Kier molecular flexibility index (Phi) is 9.43. The summed E-state index contributed by atoms with van der Waals surface area (Å²) in [6, 6.07) is 16.9. The Labute approximate surface area is 240 Å². The molecule has 1 saturated heterocycles. The van der Waals surface area contributed by atoms with E-state index in [0.29, 0.717) is 50.1 Å². The Morgan fingerprint density at radius 3 is 2.54 bits per heavy atom. The number of para-hydroxylation sites is 1. The molecule has 2 aliphatic heterocycles. The summed E-state index contributed by atoms with van der Waals surface area (Å²) in [6.07, 6.45) is 0.787. The molecule has 3 amide bonds. The Bertz CT molecular complexity index is 1340. The van der Waals surface area contributed by atoms with Crippen molar-refractivity contribution in [2.45, 2.75) is 33.4 Å². The van der Waals surface area contributed by atoms with Crippen LogP contribution in [0.3, 0.4) is 0 Å². The van der Waals surface area contributed by atoms with Gasteiger partial charge < -0.3 is 33.7 Å². The monoisotopic (exact) mass is 562 g/mol. The molecule has 218 valence electrons. The van der Waals surface area contributed by atoms with Crippen molar-refractivity contribution in [3.63, 3.8) is 0 Å². The third-order valence-corrected chi connectivity index (χ3v) is 7.35. The van der Waals surface area contributed by atoms with Crippen molar-refractivity contribution >= 4 is 17.6 Å². The van der Waals surface area contributed by atoms with Gasteiger partial charge in [-0.1, -0.05) is 31.2 Å². The first-order chi connectivity index (χ1) is 20.0. The molecule has 0 bridgehead atoms. The third-order valence-electron chi connectivity index (χ3n) is 7.35. The number of aryl methyl sites for hydroxylation is 2. The number of rotatable bonds is 11. The Morgan fingerprint density at radius 2 is 1.76 bits per heavy atom. The molecule has 41 heavy (non-hydrogen) atoms. The zero-order valence-electron chi connectivity index (χ0n) is 23.8. The fraction of sp³-hybridized carbons (Fsp3) is 0.419. The van der Waals surface area contributed by atoms with Crippen LogP contribution in [0.15, 0.2) is 59.0 Å². The highest BCUT2D eigenvalue weighted by Crippen LogP contribution is 2.33. The molecule has 10 heteroatoms. The zero-order chi connectivity index (χ0) is 28.6. The lowest BCUT2D eigenvalue weighted by atomic mass is 10.1. The maximum atomic E-state index is 13.9. The van der Waals surface area contributed by atoms with Crippen LogP contribution in [0.1, 0.15) is 29.6 Å². The van der Waals surface area contributed by atoms with E-state index in [1.165, 1.54) is 0 Å². The fourth-order valence-electron chi connectivity index (χ4n) is 5.00. The second kappa shape index (κ2) is 13.6. The van der Waals surface area contributed by atoms with Crippen LogP contribution in [0, 0.1) is 6.92 Å². The molecule has 3 heterocycles. The largest absolute Gasteiger partial charge is 0.464 e. The summed E-state index contributed by atoms with van der Waals surface area (Å²) >= 11 is 0. The van der Waals surface area contributed by atoms with E-state index < -0.39 is 0 Å². The number of carbonyl (C=O) groups is 2. The topological polar surface area (TPSA) is 96.7 Å². The SMILES string of the molecule is CCc1ccccc1NC(=O)N(CCN1CCOCC1)CC(=O)N(Cc1ccc2c(c1)OCO2)Cc1ccc(C)o1. The molecule has 3 aromatic rings. The van der Waals surface area contributed by atoms with Crippen molar-refractivity contribution in [3.8, 4) is 11.5 Å². The van der Waals surface area contributed by atoms with Crippen molar-refractivity contribution in [2.75, 3.05) is 58.0 Å². The molecule has 1 fully saturated rings. The number of anilines is 1. The molecule has 0 unspecified atom stereocenters. The second-order valence-corrected chi connectivity index (χ2v) is 10.3. The predicted molar refractivity (Wildman–Crippen MR) is 154 cm³/mol. The molecule has 1 N–H and O–H groups in total. The third kappa shape index (κ3) is 7.59. The van der Waals surface area contributed by atoms with E-state index >= 15 is 0 Å². The standard InChI is InChI=1S/C31H38N4O6/c1-3-25-6-4-5-7-27(25)32-31(37)34(13-12-33-14-16-38-17-15-33)21-30(36)35(20-26-10-8-23(2)41-26)19-24-9-11-28-29(18-24)40-22-39-28/h4-11,18H,3,12-17,19-22H2,1-2H3,(H,32,37). The predicted octanol–water partition coefficient (Wildman–Crippen LogP) is 4.27. The molecule has 5 rings (SSSR count). The minimum atomic E-state index is -0.301. The van der Waals surface area contributed by atoms with E-state index in [1.54, 1.807) is 9.80 Å².